The van der Waals surface area contributed by atoms with Gasteiger partial charge in [-0.05, 0) is 49.3 Å². The first-order valence-electron chi connectivity index (χ1n) is 9.73. The van der Waals surface area contributed by atoms with Crippen LogP contribution in [0.5, 0.6) is 5.75 Å². The van der Waals surface area contributed by atoms with Crippen LogP contribution in [-0.4, -0.2) is 41.5 Å². The van der Waals surface area contributed by atoms with E-state index in [1.54, 1.807) is 20.1 Å². The van der Waals surface area contributed by atoms with Crippen LogP contribution in [0.15, 0.2) is 29.2 Å². The molecule has 3 aromatic rings. The van der Waals surface area contributed by atoms with E-state index in [2.05, 4.69) is 15.4 Å². The van der Waals surface area contributed by atoms with Crippen LogP contribution >= 0.6 is 22.9 Å². The first kappa shape index (κ1) is 23.8. The highest BCUT2D eigenvalue weighted by atomic mass is 35.5. The highest BCUT2D eigenvalue weighted by Gasteiger charge is 2.23. The average Bonchev–Trinajstić information content (AvgIpc) is 3.11. The van der Waals surface area contributed by atoms with Gasteiger partial charge in [-0.2, -0.15) is 0 Å². The lowest BCUT2D eigenvalue weighted by atomic mass is 9.98. The Morgan fingerprint density at radius 2 is 2.09 bits per heavy atom. The molecule has 0 saturated heterocycles. The number of pyridine rings is 1. The molecule has 0 saturated carbocycles. The lowest BCUT2D eigenvalue weighted by molar-refractivity contribution is 0.102. The molecular weight excluding hydrogens is 459 g/mol. The Morgan fingerprint density at radius 3 is 2.81 bits per heavy atom. The number of unbranched alkanes of at least 4 members (excludes halogenated alkanes) is 1. The number of benzene rings is 1. The largest absolute Gasteiger partial charge is 0.496 e. The van der Waals surface area contributed by atoms with Gasteiger partial charge in [-0.15, -0.1) is 5.10 Å². The number of nitrogens with one attached hydrogen (secondary N) is 1. The van der Waals surface area contributed by atoms with E-state index < -0.39 is 11.7 Å². The molecule has 8 nitrogen and oxygen atoms in total. The zero-order chi connectivity index (χ0) is 23.3. The summed E-state index contributed by atoms with van der Waals surface area (Å²) < 4.78 is 26.5. The molecule has 0 fully saturated rings. The summed E-state index contributed by atoms with van der Waals surface area (Å²) in [5.74, 6) is -1.08. The number of halogens is 2. The zero-order valence-corrected chi connectivity index (χ0v) is 19.3. The van der Waals surface area contributed by atoms with Gasteiger partial charge in [0.15, 0.2) is 5.82 Å². The van der Waals surface area contributed by atoms with Crippen molar-refractivity contribution in [3.8, 4) is 16.9 Å². The second-order valence-electron chi connectivity index (χ2n) is 6.86. The van der Waals surface area contributed by atoms with Gasteiger partial charge in [0, 0.05) is 37.7 Å². The maximum Gasteiger partial charge on any atom is 0.326 e. The third kappa shape index (κ3) is 5.32. The Balaban J connectivity index is 1.92. The molecule has 32 heavy (non-hydrogen) atoms. The van der Waals surface area contributed by atoms with E-state index in [0.717, 1.165) is 17.8 Å². The molecule has 2 aromatic heterocycles. The van der Waals surface area contributed by atoms with Gasteiger partial charge in [-0.3, -0.25) is 19.9 Å². The standard InChI is InChI=1S/C21H22ClFN4O4S/c1-12-10-13(17-16(31-3)7-6-15(22)18(17)23)14(11-24-12)19(28)25-20-26-27(21(29)32-20)8-4-5-9-30-2/h6-7,10-11H,4-5,8-9H2,1-3H3,(H,25,26,28). The van der Waals surface area contributed by atoms with Crippen LogP contribution in [-0.2, 0) is 11.3 Å². The minimum atomic E-state index is -0.712. The number of carbonyl (C=O) groups is 1. The third-order valence-electron chi connectivity index (χ3n) is 4.63. The molecule has 0 spiro atoms. The molecule has 0 unspecified atom stereocenters. The molecule has 0 bridgehead atoms. The average molecular weight is 481 g/mol. The maximum atomic E-state index is 14.9. The van der Waals surface area contributed by atoms with Crippen LogP contribution in [0.1, 0.15) is 28.9 Å². The van der Waals surface area contributed by atoms with Crippen molar-refractivity contribution in [1.82, 2.24) is 14.8 Å². The summed E-state index contributed by atoms with van der Waals surface area (Å²) in [5, 5.41) is 6.81. The number of methoxy groups -OCH3 is 2. The molecule has 3 rings (SSSR count). The fraction of sp³-hybridized carbons (Fsp3) is 0.333. The minimum absolute atomic E-state index is 0.0486. The van der Waals surface area contributed by atoms with Crippen LogP contribution < -0.4 is 14.9 Å². The van der Waals surface area contributed by atoms with E-state index in [9.17, 15) is 14.0 Å². The summed E-state index contributed by atoms with van der Waals surface area (Å²) in [7, 11) is 3.01. The van der Waals surface area contributed by atoms with E-state index in [1.807, 2.05) is 0 Å². The predicted molar refractivity (Wildman–Crippen MR) is 121 cm³/mol. The predicted octanol–water partition coefficient (Wildman–Crippen LogP) is 4.16. The molecule has 0 aliphatic rings. The molecule has 0 atom stereocenters. The Hall–Kier alpha value is -2.82. The molecule has 1 N–H and O–H groups in total. The quantitative estimate of drug-likeness (QED) is 0.462. The molecule has 11 heteroatoms. The number of hydrogen-bond donors (Lipinski definition) is 1. The van der Waals surface area contributed by atoms with E-state index in [4.69, 9.17) is 21.1 Å². The number of carbonyl (C=O) groups excluding carboxylic acids is 1. The fourth-order valence-electron chi connectivity index (χ4n) is 3.07. The van der Waals surface area contributed by atoms with E-state index in [0.29, 0.717) is 25.3 Å². The van der Waals surface area contributed by atoms with Crippen molar-refractivity contribution in [3.05, 3.63) is 56.2 Å². The van der Waals surface area contributed by atoms with Crippen molar-refractivity contribution in [1.29, 1.82) is 0 Å². The molecule has 1 aromatic carbocycles. The van der Waals surface area contributed by atoms with Crippen LogP contribution in [0.25, 0.3) is 11.1 Å². The van der Waals surface area contributed by atoms with Crippen LogP contribution in [0, 0.1) is 12.7 Å². The van der Waals surface area contributed by atoms with Crippen LogP contribution in [0.2, 0.25) is 5.02 Å². The Morgan fingerprint density at radius 1 is 1.31 bits per heavy atom. The van der Waals surface area contributed by atoms with Gasteiger partial charge in [0.2, 0.25) is 5.13 Å². The van der Waals surface area contributed by atoms with Gasteiger partial charge >= 0.3 is 4.87 Å². The van der Waals surface area contributed by atoms with Crippen molar-refractivity contribution in [2.24, 2.45) is 0 Å². The zero-order valence-electron chi connectivity index (χ0n) is 17.8. The molecule has 0 aliphatic heterocycles. The van der Waals surface area contributed by atoms with Crippen LogP contribution in [0.4, 0.5) is 9.52 Å². The molecule has 1 amide bonds. The first-order valence-corrected chi connectivity index (χ1v) is 10.9. The lowest BCUT2D eigenvalue weighted by Crippen LogP contribution is -2.16. The number of ether oxygens (including phenoxy) is 2. The summed E-state index contributed by atoms with van der Waals surface area (Å²) in [6.07, 6.45) is 2.84. The topological polar surface area (TPSA) is 95.3 Å². The van der Waals surface area contributed by atoms with Crippen molar-refractivity contribution >= 4 is 34.0 Å². The van der Waals surface area contributed by atoms with Crippen LogP contribution in [0.3, 0.4) is 0 Å². The number of rotatable bonds is 9. The van der Waals surface area contributed by atoms with Gasteiger partial charge in [-0.25, -0.2) is 9.07 Å². The third-order valence-corrected chi connectivity index (χ3v) is 5.68. The molecule has 2 heterocycles. The smallest absolute Gasteiger partial charge is 0.326 e. The number of hydrogen-bond acceptors (Lipinski definition) is 7. The molecular formula is C21H22ClFN4O4S. The van der Waals surface area contributed by atoms with Crippen molar-refractivity contribution in [3.63, 3.8) is 0 Å². The number of anilines is 1. The molecule has 0 aliphatic carbocycles. The number of aromatic nitrogens is 3. The number of nitrogens with zero attached hydrogens (tertiary/aromatic N) is 3. The van der Waals surface area contributed by atoms with Gasteiger partial charge in [0.1, 0.15) is 5.75 Å². The number of aryl methyl sites for hydroxylation is 2. The van der Waals surface area contributed by atoms with Crippen molar-refractivity contribution in [2.45, 2.75) is 26.3 Å². The van der Waals surface area contributed by atoms with Gasteiger partial charge < -0.3 is 9.47 Å². The monoisotopic (exact) mass is 480 g/mol. The first-order chi connectivity index (χ1) is 15.3. The summed E-state index contributed by atoms with van der Waals surface area (Å²) in [5.41, 5.74) is 0.970. The Labute approximate surface area is 193 Å². The molecule has 0 radical (unpaired) electrons. The maximum absolute atomic E-state index is 14.9. The van der Waals surface area contributed by atoms with Gasteiger partial charge in [0.25, 0.3) is 5.91 Å². The highest BCUT2D eigenvalue weighted by Crippen LogP contribution is 2.38. The summed E-state index contributed by atoms with van der Waals surface area (Å²) >= 11 is 6.79. The second-order valence-corrected chi connectivity index (χ2v) is 8.21. The normalized spacial score (nSPS) is 10.9. The molecule has 170 valence electrons. The Kier molecular flexibility index (Phi) is 7.94. The summed E-state index contributed by atoms with van der Waals surface area (Å²) in [6.45, 7) is 2.73. The van der Waals surface area contributed by atoms with Crippen molar-refractivity contribution < 1.29 is 18.7 Å². The number of amides is 1. The van der Waals surface area contributed by atoms with Crippen molar-refractivity contribution in [2.75, 3.05) is 26.1 Å². The Bertz CT molecular complexity index is 1180. The summed E-state index contributed by atoms with van der Waals surface area (Å²) in [4.78, 5) is 29.1. The summed E-state index contributed by atoms with van der Waals surface area (Å²) in [6, 6.07) is 4.47. The van der Waals surface area contributed by atoms with E-state index in [-0.39, 0.29) is 37.5 Å². The SMILES string of the molecule is COCCCCn1nc(NC(=O)c2cnc(C)cc2-c2c(OC)ccc(Cl)c2F)sc1=O. The van der Waals surface area contributed by atoms with Gasteiger partial charge in [0.05, 0.1) is 23.3 Å². The fourth-order valence-corrected chi connectivity index (χ4v) is 3.92. The van der Waals surface area contributed by atoms with Gasteiger partial charge in [-0.1, -0.05) is 11.6 Å². The minimum Gasteiger partial charge on any atom is -0.496 e. The van der Waals surface area contributed by atoms with E-state index in [1.165, 1.54) is 30.1 Å². The van der Waals surface area contributed by atoms with E-state index >= 15 is 0 Å². The second kappa shape index (κ2) is 10.7. The highest BCUT2D eigenvalue weighted by molar-refractivity contribution is 7.13. The lowest BCUT2D eigenvalue weighted by Gasteiger charge is -2.14.